The molecule has 0 aliphatic carbocycles. The maximum atomic E-state index is 13.9. The van der Waals surface area contributed by atoms with Gasteiger partial charge in [0.05, 0.1) is 24.3 Å². The maximum Gasteiger partial charge on any atom is 0.318 e. The van der Waals surface area contributed by atoms with Crippen molar-refractivity contribution in [2.24, 2.45) is 5.92 Å². The zero-order valence-electron chi connectivity index (χ0n) is 22.6. The molecule has 2 saturated heterocycles. The number of aryl methyl sites for hydroxylation is 1. The van der Waals surface area contributed by atoms with Gasteiger partial charge in [-0.15, -0.1) is 0 Å². The van der Waals surface area contributed by atoms with Crippen molar-refractivity contribution >= 4 is 22.5 Å². The van der Waals surface area contributed by atoms with Crippen molar-refractivity contribution in [3.8, 4) is 11.8 Å². The molecule has 0 spiro atoms. The number of carbonyl (C=O) groups is 1. The Bertz CT molecular complexity index is 1380. The van der Waals surface area contributed by atoms with Crippen LogP contribution in [0.2, 0.25) is 0 Å². The minimum Gasteiger partial charge on any atom is -0.508 e. The number of aromatic hydroxyl groups is 1. The van der Waals surface area contributed by atoms with E-state index in [1.165, 1.54) is 12.8 Å². The summed E-state index contributed by atoms with van der Waals surface area (Å²) in [5.41, 5.74) is 3.40. The number of anilines is 1. The second kappa shape index (κ2) is 10.1. The highest BCUT2D eigenvalue weighted by atomic mass is 16.5. The Hall–Kier alpha value is -3.39. The third-order valence-electron chi connectivity index (χ3n) is 8.46. The number of benzene rings is 2. The molecule has 2 fully saturated rings. The second-order valence-corrected chi connectivity index (χ2v) is 11.4. The number of phenolic OH excluding ortho intramolecular Hbond substituents is 1. The van der Waals surface area contributed by atoms with E-state index in [2.05, 4.69) is 23.8 Å². The van der Waals surface area contributed by atoms with Crippen molar-refractivity contribution in [2.45, 2.75) is 58.7 Å². The van der Waals surface area contributed by atoms with E-state index in [-0.39, 0.29) is 11.7 Å². The van der Waals surface area contributed by atoms with Gasteiger partial charge in [-0.2, -0.15) is 9.97 Å². The number of amides is 1. The third kappa shape index (κ3) is 4.66. The lowest BCUT2D eigenvalue weighted by Gasteiger charge is -2.33. The van der Waals surface area contributed by atoms with Crippen molar-refractivity contribution in [2.75, 3.05) is 38.2 Å². The van der Waals surface area contributed by atoms with Crippen LogP contribution < -0.4 is 9.64 Å². The molecule has 200 valence electrons. The molecule has 0 bridgehead atoms. The van der Waals surface area contributed by atoms with Crippen LogP contribution in [-0.4, -0.2) is 70.1 Å². The lowest BCUT2D eigenvalue weighted by molar-refractivity contribution is 0.0752. The van der Waals surface area contributed by atoms with Crippen LogP contribution in [0.3, 0.4) is 0 Å². The number of likely N-dealkylation sites (tertiary alicyclic amines) is 1. The molecular weight excluding hydrogens is 478 g/mol. The fourth-order valence-corrected chi connectivity index (χ4v) is 6.37. The standard InChI is InChI=1S/C30H37N5O3/c1-19-7-5-12-34(15-19)28-25-16-35(17-26(25)31-30(32-28)38-18-22-10-6-11-33(22)3)29(37)24-14-23(36)13-21-9-4-8-20(2)27(21)24/h4,8-9,13-14,19,22,36H,5-7,10-12,15-18H2,1-3H3/t19?,22-/m0/s1. The first-order chi connectivity index (χ1) is 18.4. The summed E-state index contributed by atoms with van der Waals surface area (Å²) >= 11 is 0. The minimum absolute atomic E-state index is 0.0958. The van der Waals surface area contributed by atoms with E-state index >= 15 is 0 Å². The highest BCUT2D eigenvalue weighted by Gasteiger charge is 2.33. The van der Waals surface area contributed by atoms with Gasteiger partial charge >= 0.3 is 6.01 Å². The molecule has 0 radical (unpaired) electrons. The normalized spacial score (nSPS) is 21.8. The van der Waals surface area contributed by atoms with E-state index in [0.29, 0.717) is 43.2 Å². The first-order valence-electron chi connectivity index (χ1n) is 13.9. The quantitative estimate of drug-likeness (QED) is 0.535. The summed E-state index contributed by atoms with van der Waals surface area (Å²) in [5, 5.41) is 12.1. The number of hydrogen-bond donors (Lipinski definition) is 1. The molecular formula is C30H37N5O3. The summed E-state index contributed by atoms with van der Waals surface area (Å²) in [6.07, 6.45) is 4.65. The third-order valence-corrected chi connectivity index (χ3v) is 8.46. The summed E-state index contributed by atoms with van der Waals surface area (Å²) in [7, 11) is 2.14. The SMILES string of the molecule is Cc1cccc2cc(O)cc(C(=O)N3Cc4nc(OC[C@@H]5CCCN5C)nc(N5CCCC(C)C5)c4C3)c12. The number of ether oxygens (including phenoxy) is 1. The van der Waals surface area contributed by atoms with Gasteiger partial charge in [0, 0.05) is 24.7 Å². The van der Waals surface area contributed by atoms with Crippen LogP contribution in [0.1, 0.15) is 59.8 Å². The Balaban J connectivity index is 1.32. The number of carbonyl (C=O) groups excluding carboxylic acids is 1. The summed E-state index contributed by atoms with van der Waals surface area (Å²) < 4.78 is 6.19. The van der Waals surface area contributed by atoms with Crippen molar-refractivity contribution in [3.05, 3.63) is 52.7 Å². The largest absolute Gasteiger partial charge is 0.508 e. The molecule has 4 heterocycles. The van der Waals surface area contributed by atoms with Crippen molar-refractivity contribution in [3.63, 3.8) is 0 Å². The molecule has 0 saturated carbocycles. The van der Waals surface area contributed by atoms with Crippen LogP contribution in [0, 0.1) is 12.8 Å². The van der Waals surface area contributed by atoms with Crippen LogP contribution in [0.25, 0.3) is 10.8 Å². The van der Waals surface area contributed by atoms with Gasteiger partial charge in [0.2, 0.25) is 0 Å². The van der Waals surface area contributed by atoms with E-state index in [1.807, 2.05) is 30.0 Å². The molecule has 2 atom stereocenters. The zero-order valence-corrected chi connectivity index (χ0v) is 22.6. The summed E-state index contributed by atoms with van der Waals surface area (Å²) in [4.78, 5) is 30.2. The van der Waals surface area contributed by atoms with Crippen LogP contribution in [0.4, 0.5) is 5.82 Å². The van der Waals surface area contributed by atoms with Gasteiger partial charge in [-0.3, -0.25) is 4.79 Å². The number of hydrogen-bond acceptors (Lipinski definition) is 7. The Kier molecular flexibility index (Phi) is 6.60. The lowest BCUT2D eigenvalue weighted by Crippen LogP contribution is -2.36. The zero-order chi connectivity index (χ0) is 26.4. The smallest absolute Gasteiger partial charge is 0.318 e. The Labute approximate surface area is 224 Å². The second-order valence-electron chi connectivity index (χ2n) is 11.4. The lowest BCUT2D eigenvalue weighted by atomic mass is 9.98. The first-order valence-corrected chi connectivity index (χ1v) is 13.9. The van der Waals surface area contributed by atoms with Crippen molar-refractivity contribution in [1.29, 1.82) is 0 Å². The number of rotatable bonds is 5. The fraction of sp³-hybridized carbons (Fsp3) is 0.500. The van der Waals surface area contributed by atoms with Gasteiger partial charge in [-0.25, -0.2) is 0 Å². The van der Waals surface area contributed by atoms with Crippen LogP contribution in [0.5, 0.6) is 11.8 Å². The average molecular weight is 516 g/mol. The first kappa shape index (κ1) is 24.9. The molecule has 1 amide bonds. The maximum absolute atomic E-state index is 13.9. The Morgan fingerprint density at radius 3 is 2.76 bits per heavy atom. The number of likely N-dealkylation sites (N-methyl/N-ethyl adjacent to an activating group) is 1. The van der Waals surface area contributed by atoms with Crippen molar-refractivity contribution in [1.82, 2.24) is 19.8 Å². The van der Waals surface area contributed by atoms with Crippen molar-refractivity contribution < 1.29 is 14.6 Å². The highest BCUT2D eigenvalue weighted by molar-refractivity contribution is 6.09. The Morgan fingerprint density at radius 1 is 1.13 bits per heavy atom. The molecule has 6 rings (SSSR count). The minimum atomic E-state index is -0.105. The fourth-order valence-electron chi connectivity index (χ4n) is 6.37. The van der Waals surface area contributed by atoms with Gasteiger partial charge in [0.25, 0.3) is 5.91 Å². The molecule has 1 unspecified atom stereocenters. The van der Waals surface area contributed by atoms with Crippen LogP contribution >= 0.6 is 0 Å². The van der Waals surface area contributed by atoms with E-state index in [9.17, 15) is 9.90 Å². The van der Waals surface area contributed by atoms with E-state index < -0.39 is 0 Å². The molecule has 3 aliphatic heterocycles. The number of nitrogens with zero attached hydrogens (tertiary/aromatic N) is 5. The molecule has 2 aromatic carbocycles. The highest BCUT2D eigenvalue weighted by Crippen LogP contribution is 2.36. The predicted octanol–water partition coefficient (Wildman–Crippen LogP) is 4.51. The van der Waals surface area contributed by atoms with Crippen LogP contribution in [0.15, 0.2) is 30.3 Å². The molecule has 3 aromatic rings. The molecule has 1 N–H and O–H groups in total. The van der Waals surface area contributed by atoms with Gasteiger partial charge in [-0.05, 0) is 80.6 Å². The number of fused-ring (bicyclic) bond motifs is 2. The summed E-state index contributed by atoms with van der Waals surface area (Å²) in [5.74, 6) is 1.49. The number of piperidine rings is 1. The van der Waals surface area contributed by atoms with Gasteiger partial charge < -0.3 is 24.5 Å². The Morgan fingerprint density at radius 2 is 1.97 bits per heavy atom. The average Bonchev–Trinajstić information content (AvgIpc) is 3.52. The molecule has 1 aromatic heterocycles. The van der Waals surface area contributed by atoms with Gasteiger partial charge in [0.1, 0.15) is 18.2 Å². The predicted molar refractivity (Wildman–Crippen MR) is 148 cm³/mol. The van der Waals surface area contributed by atoms with E-state index in [0.717, 1.165) is 65.9 Å². The number of aromatic nitrogens is 2. The van der Waals surface area contributed by atoms with Gasteiger partial charge in [-0.1, -0.05) is 25.1 Å². The topological polar surface area (TPSA) is 82.0 Å². The summed E-state index contributed by atoms with van der Waals surface area (Å²) in [6, 6.07) is 9.97. The van der Waals surface area contributed by atoms with Gasteiger partial charge in [0.15, 0.2) is 0 Å². The van der Waals surface area contributed by atoms with E-state index in [4.69, 9.17) is 14.7 Å². The van der Waals surface area contributed by atoms with E-state index in [1.54, 1.807) is 12.1 Å². The summed E-state index contributed by atoms with van der Waals surface area (Å²) in [6.45, 7) is 8.69. The number of phenols is 1. The monoisotopic (exact) mass is 515 g/mol. The molecule has 8 heteroatoms. The molecule has 3 aliphatic rings. The molecule has 38 heavy (non-hydrogen) atoms. The molecule has 8 nitrogen and oxygen atoms in total. The van der Waals surface area contributed by atoms with Crippen LogP contribution in [-0.2, 0) is 13.1 Å².